The van der Waals surface area contributed by atoms with Gasteiger partial charge in [-0.05, 0) is 49.6 Å². The van der Waals surface area contributed by atoms with Crippen LogP contribution in [0.5, 0.6) is 0 Å². The molecule has 1 aromatic heterocycles. The minimum atomic E-state index is -0.623. The van der Waals surface area contributed by atoms with Gasteiger partial charge in [-0.3, -0.25) is 0 Å². The van der Waals surface area contributed by atoms with Crippen molar-refractivity contribution in [2.75, 3.05) is 0 Å². The van der Waals surface area contributed by atoms with Crippen molar-refractivity contribution >= 4 is 0 Å². The first-order chi connectivity index (χ1) is 9.56. The Morgan fingerprint density at radius 1 is 1.35 bits per heavy atom. The van der Waals surface area contributed by atoms with Gasteiger partial charge in [-0.25, -0.2) is 4.39 Å². The number of benzene rings is 1. The molecule has 0 saturated heterocycles. The fraction of sp³-hybridized carbons (Fsp3) is 0.375. The Morgan fingerprint density at radius 2 is 2.15 bits per heavy atom. The first kappa shape index (κ1) is 14.8. The van der Waals surface area contributed by atoms with E-state index in [0.29, 0.717) is 24.3 Å². The number of halogens is 1. The van der Waals surface area contributed by atoms with Gasteiger partial charge in [0.1, 0.15) is 17.7 Å². The molecular weight excluding hydrogens is 257 g/mol. The van der Waals surface area contributed by atoms with Gasteiger partial charge in [0.2, 0.25) is 0 Å². The monoisotopic (exact) mass is 277 g/mol. The molecule has 0 amide bonds. The zero-order valence-electron chi connectivity index (χ0n) is 11.8. The second kappa shape index (κ2) is 6.68. The normalized spacial score (nSPS) is 14.2. The van der Waals surface area contributed by atoms with Crippen LogP contribution in [0.1, 0.15) is 36.3 Å². The molecular formula is C16H20FNO2. The molecule has 4 heteroatoms. The first-order valence-electron chi connectivity index (χ1n) is 6.76. The average Bonchev–Trinajstić information content (AvgIpc) is 2.94. The van der Waals surface area contributed by atoms with Gasteiger partial charge in [0.15, 0.2) is 0 Å². The molecule has 1 aromatic carbocycles. The van der Waals surface area contributed by atoms with Crippen LogP contribution in [0.2, 0.25) is 0 Å². The summed E-state index contributed by atoms with van der Waals surface area (Å²) in [6.45, 7) is 4.30. The second-order valence-corrected chi connectivity index (χ2v) is 5.13. The van der Waals surface area contributed by atoms with Gasteiger partial charge in [0.05, 0.1) is 6.26 Å². The lowest BCUT2D eigenvalue weighted by Gasteiger charge is -2.17. The van der Waals surface area contributed by atoms with E-state index in [2.05, 4.69) is 5.32 Å². The number of furan rings is 1. The maximum absolute atomic E-state index is 13.4. The minimum absolute atomic E-state index is 0.0967. The van der Waals surface area contributed by atoms with Crippen LogP contribution in [-0.2, 0) is 6.54 Å². The van der Waals surface area contributed by atoms with E-state index in [-0.39, 0.29) is 11.9 Å². The Morgan fingerprint density at radius 3 is 2.80 bits per heavy atom. The molecule has 3 nitrogen and oxygen atoms in total. The van der Waals surface area contributed by atoms with E-state index in [1.807, 2.05) is 13.0 Å². The SMILES string of the molecule is Cc1ccc(CNC(C)CC(O)c2ccco2)cc1F. The summed E-state index contributed by atoms with van der Waals surface area (Å²) in [7, 11) is 0. The summed E-state index contributed by atoms with van der Waals surface area (Å²) >= 11 is 0. The third kappa shape index (κ3) is 3.92. The molecule has 2 unspecified atom stereocenters. The number of hydrogen-bond donors (Lipinski definition) is 2. The molecule has 0 aliphatic carbocycles. The molecule has 2 aromatic rings. The van der Waals surface area contributed by atoms with Crippen LogP contribution >= 0.6 is 0 Å². The summed E-state index contributed by atoms with van der Waals surface area (Å²) < 4.78 is 18.6. The lowest BCUT2D eigenvalue weighted by atomic mass is 10.1. The highest BCUT2D eigenvalue weighted by molar-refractivity contribution is 5.23. The number of aliphatic hydroxyl groups is 1. The van der Waals surface area contributed by atoms with Crippen molar-refractivity contribution in [2.24, 2.45) is 0 Å². The molecule has 0 aliphatic heterocycles. The third-order valence-electron chi connectivity index (χ3n) is 3.34. The van der Waals surface area contributed by atoms with Crippen molar-refractivity contribution in [1.29, 1.82) is 0 Å². The van der Waals surface area contributed by atoms with E-state index < -0.39 is 6.10 Å². The molecule has 108 valence electrons. The molecule has 0 radical (unpaired) electrons. The zero-order chi connectivity index (χ0) is 14.5. The lowest BCUT2D eigenvalue weighted by Crippen LogP contribution is -2.27. The number of aliphatic hydroxyl groups excluding tert-OH is 1. The molecule has 0 saturated carbocycles. The van der Waals surface area contributed by atoms with Crippen LogP contribution in [0.25, 0.3) is 0 Å². The summed E-state index contributed by atoms with van der Waals surface area (Å²) in [5, 5.41) is 13.2. The van der Waals surface area contributed by atoms with Crippen LogP contribution in [0.4, 0.5) is 4.39 Å². The third-order valence-corrected chi connectivity index (χ3v) is 3.34. The molecule has 20 heavy (non-hydrogen) atoms. The number of rotatable bonds is 6. The number of hydrogen-bond acceptors (Lipinski definition) is 3. The van der Waals surface area contributed by atoms with Crippen molar-refractivity contribution in [3.05, 3.63) is 59.3 Å². The van der Waals surface area contributed by atoms with Gasteiger partial charge in [-0.2, -0.15) is 0 Å². The van der Waals surface area contributed by atoms with Crippen molar-refractivity contribution in [1.82, 2.24) is 5.32 Å². The number of nitrogens with one attached hydrogen (secondary N) is 1. The maximum Gasteiger partial charge on any atom is 0.132 e. The summed E-state index contributed by atoms with van der Waals surface area (Å²) in [6, 6.07) is 8.83. The molecule has 1 heterocycles. The van der Waals surface area contributed by atoms with Gasteiger partial charge in [0.25, 0.3) is 0 Å². The first-order valence-corrected chi connectivity index (χ1v) is 6.76. The highest BCUT2D eigenvalue weighted by Gasteiger charge is 2.14. The van der Waals surface area contributed by atoms with Gasteiger partial charge < -0.3 is 14.8 Å². The molecule has 0 aliphatic rings. The van der Waals surface area contributed by atoms with E-state index in [9.17, 15) is 9.50 Å². The van der Waals surface area contributed by atoms with Crippen LogP contribution in [-0.4, -0.2) is 11.1 Å². The van der Waals surface area contributed by atoms with E-state index in [4.69, 9.17) is 4.42 Å². The Hall–Kier alpha value is -1.65. The van der Waals surface area contributed by atoms with E-state index in [1.54, 1.807) is 31.4 Å². The smallest absolute Gasteiger partial charge is 0.132 e. The van der Waals surface area contributed by atoms with Gasteiger partial charge in [0, 0.05) is 12.6 Å². The summed E-state index contributed by atoms with van der Waals surface area (Å²) in [5.41, 5.74) is 1.54. The van der Waals surface area contributed by atoms with Crippen LogP contribution in [0.15, 0.2) is 41.0 Å². The zero-order valence-corrected chi connectivity index (χ0v) is 11.8. The Bertz CT molecular complexity index is 539. The molecule has 2 rings (SSSR count). The van der Waals surface area contributed by atoms with Gasteiger partial charge in [-0.15, -0.1) is 0 Å². The predicted molar refractivity (Wildman–Crippen MR) is 75.7 cm³/mol. The lowest BCUT2D eigenvalue weighted by molar-refractivity contribution is 0.128. The van der Waals surface area contributed by atoms with Gasteiger partial charge >= 0.3 is 0 Å². The fourth-order valence-corrected chi connectivity index (χ4v) is 2.05. The molecule has 0 bridgehead atoms. The van der Waals surface area contributed by atoms with Crippen LogP contribution in [0.3, 0.4) is 0 Å². The summed E-state index contributed by atoms with van der Waals surface area (Å²) in [6.07, 6.45) is 1.47. The van der Waals surface area contributed by atoms with Crippen LogP contribution < -0.4 is 5.32 Å². The Balaban J connectivity index is 1.82. The maximum atomic E-state index is 13.4. The Kier molecular flexibility index (Phi) is 4.93. The van der Waals surface area contributed by atoms with Gasteiger partial charge in [-0.1, -0.05) is 12.1 Å². The summed E-state index contributed by atoms with van der Waals surface area (Å²) in [4.78, 5) is 0. The molecule has 0 spiro atoms. The van der Waals surface area contributed by atoms with Crippen LogP contribution in [0, 0.1) is 12.7 Å². The second-order valence-electron chi connectivity index (χ2n) is 5.13. The topological polar surface area (TPSA) is 45.4 Å². The fourth-order valence-electron chi connectivity index (χ4n) is 2.05. The number of aryl methyl sites for hydroxylation is 1. The van der Waals surface area contributed by atoms with E-state index >= 15 is 0 Å². The molecule has 0 fully saturated rings. The van der Waals surface area contributed by atoms with Crippen molar-refractivity contribution in [3.8, 4) is 0 Å². The molecule has 2 N–H and O–H groups in total. The highest BCUT2D eigenvalue weighted by Crippen LogP contribution is 2.18. The van der Waals surface area contributed by atoms with Crippen molar-refractivity contribution in [3.63, 3.8) is 0 Å². The van der Waals surface area contributed by atoms with E-state index in [1.165, 1.54) is 6.07 Å². The predicted octanol–water partition coefficient (Wildman–Crippen LogP) is 3.33. The van der Waals surface area contributed by atoms with E-state index in [0.717, 1.165) is 5.56 Å². The quantitative estimate of drug-likeness (QED) is 0.851. The largest absolute Gasteiger partial charge is 0.467 e. The Labute approximate surface area is 118 Å². The van der Waals surface area contributed by atoms with Crippen molar-refractivity contribution in [2.45, 2.75) is 39.0 Å². The van der Waals surface area contributed by atoms with Crippen molar-refractivity contribution < 1.29 is 13.9 Å². The standard InChI is InChI=1S/C16H20FNO2/c1-11-5-6-13(9-14(11)17)10-18-12(2)8-15(19)16-4-3-7-20-16/h3-7,9,12,15,18-19H,8,10H2,1-2H3. The molecule has 2 atom stereocenters. The highest BCUT2D eigenvalue weighted by atomic mass is 19.1. The summed E-state index contributed by atoms with van der Waals surface area (Å²) in [5.74, 6) is 0.382. The minimum Gasteiger partial charge on any atom is -0.467 e. The average molecular weight is 277 g/mol.